The van der Waals surface area contributed by atoms with Crippen LogP contribution in [0, 0.1) is 13.8 Å². The number of fused-ring (bicyclic) bond motifs is 1. The molecule has 0 N–H and O–H groups in total. The largest absolute Gasteiger partial charge is 0.311 e. The Kier molecular flexibility index (Phi) is 3.20. The molecule has 0 saturated carbocycles. The van der Waals surface area contributed by atoms with Crippen LogP contribution in [0.15, 0.2) is 12.1 Å². The molecule has 0 saturated heterocycles. The van der Waals surface area contributed by atoms with E-state index in [2.05, 4.69) is 26.0 Å². The Balaban J connectivity index is 2.49. The summed E-state index contributed by atoms with van der Waals surface area (Å²) in [6.45, 7) is 4.97. The van der Waals surface area contributed by atoms with Crippen LogP contribution in [-0.2, 0) is 11.2 Å². The van der Waals surface area contributed by atoms with Gasteiger partial charge in [0.15, 0.2) is 0 Å². The molecule has 0 aromatic heterocycles. The molecular formula is C13H16ClNO. The summed E-state index contributed by atoms with van der Waals surface area (Å²) in [6, 6.07) is 4.26. The number of amides is 1. The van der Waals surface area contributed by atoms with E-state index in [-0.39, 0.29) is 11.8 Å². The Bertz CT molecular complexity index is 428. The molecular weight excluding hydrogens is 222 g/mol. The molecule has 0 unspecified atom stereocenters. The van der Waals surface area contributed by atoms with Crippen LogP contribution < -0.4 is 4.90 Å². The van der Waals surface area contributed by atoms with Gasteiger partial charge in [-0.25, -0.2) is 0 Å². The average Bonchev–Trinajstić information content (AvgIpc) is 2.27. The van der Waals surface area contributed by atoms with Crippen LogP contribution in [-0.4, -0.2) is 18.3 Å². The summed E-state index contributed by atoms with van der Waals surface area (Å²) < 4.78 is 0. The van der Waals surface area contributed by atoms with Crippen LogP contribution in [0.1, 0.15) is 23.1 Å². The summed E-state index contributed by atoms with van der Waals surface area (Å²) in [5.41, 5.74) is 4.84. The van der Waals surface area contributed by atoms with E-state index in [4.69, 9.17) is 11.6 Å². The van der Waals surface area contributed by atoms with Crippen molar-refractivity contribution in [3.63, 3.8) is 0 Å². The van der Waals surface area contributed by atoms with Gasteiger partial charge in [0.2, 0.25) is 5.91 Å². The summed E-state index contributed by atoms with van der Waals surface area (Å²) in [5.74, 6) is 0.0690. The van der Waals surface area contributed by atoms with Gasteiger partial charge in [0.05, 0.1) is 0 Å². The lowest BCUT2D eigenvalue weighted by atomic mass is 9.95. The standard InChI is InChI=1S/C13H16ClNO/c1-9-6-10(2)11-4-3-5-15(12(11)7-9)13(16)8-14/h6-7H,3-5,8H2,1-2H3. The van der Waals surface area contributed by atoms with Crippen LogP contribution in [0.3, 0.4) is 0 Å². The number of carbonyl (C=O) groups is 1. The van der Waals surface area contributed by atoms with Crippen LogP contribution in [0.5, 0.6) is 0 Å². The predicted octanol–water partition coefficient (Wildman–Crippen LogP) is 2.82. The monoisotopic (exact) mass is 237 g/mol. The molecule has 0 aliphatic carbocycles. The van der Waals surface area contributed by atoms with Crippen molar-refractivity contribution in [1.82, 2.24) is 0 Å². The van der Waals surface area contributed by atoms with Crippen molar-refractivity contribution in [2.24, 2.45) is 0 Å². The van der Waals surface area contributed by atoms with E-state index in [1.807, 2.05) is 4.90 Å². The Morgan fingerprint density at radius 2 is 2.19 bits per heavy atom. The average molecular weight is 238 g/mol. The van der Waals surface area contributed by atoms with Crippen molar-refractivity contribution in [2.45, 2.75) is 26.7 Å². The zero-order chi connectivity index (χ0) is 11.7. The molecule has 1 aliphatic heterocycles. The van der Waals surface area contributed by atoms with Crippen molar-refractivity contribution in [3.05, 3.63) is 28.8 Å². The highest BCUT2D eigenvalue weighted by Crippen LogP contribution is 2.31. The van der Waals surface area contributed by atoms with E-state index < -0.39 is 0 Å². The lowest BCUT2D eigenvalue weighted by Crippen LogP contribution is -2.36. The number of halogens is 1. The van der Waals surface area contributed by atoms with Crippen molar-refractivity contribution < 1.29 is 4.79 Å². The third-order valence-electron chi connectivity index (χ3n) is 3.11. The molecule has 1 aromatic rings. The Hall–Kier alpha value is -1.02. The van der Waals surface area contributed by atoms with Crippen LogP contribution >= 0.6 is 11.6 Å². The maximum Gasteiger partial charge on any atom is 0.241 e. The first kappa shape index (κ1) is 11.5. The van der Waals surface area contributed by atoms with Crippen LogP contribution in [0.2, 0.25) is 0 Å². The quantitative estimate of drug-likeness (QED) is 0.688. The van der Waals surface area contributed by atoms with E-state index in [9.17, 15) is 4.79 Å². The molecule has 16 heavy (non-hydrogen) atoms. The molecule has 86 valence electrons. The van der Waals surface area contributed by atoms with Gasteiger partial charge in [-0.2, -0.15) is 0 Å². The van der Waals surface area contributed by atoms with E-state index in [0.717, 1.165) is 25.1 Å². The molecule has 1 aliphatic rings. The highest BCUT2D eigenvalue weighted by atomic mass is 35.5. The second-order valence-corrected chi connectivity index (χ2v) is 4.63. The minimum absolute atomic E-state index is 0.00705. The summed E-state index contributed by atoms with van der Waals surface area (Å²) >= 11 is 5.64. The SMILES string of the molecule is Cc1cc(C)c2c(c1)N(C(=O)CCl)CCC2. The van der Waals surface area contributed by atoms with Gasteiger partial charge >= 0.3 is 0 Å². The minimum Gasteiger partial charge on any atom is -0.311 e. The molecule has 0 spiro atoms. The van der Waals surface area contributed by atoms with E-state index >= 15 is 0 Å². The normalized spacial score (nSPS) is 14.8. The number of hydrogen-bond donors (Lipinski definition) is 0. The minimum atomic E-state index is 0.00705. The number of hydrogen-bond acceptors (Lipinski definition) is 1. The maximum absolute atomic E-state index is 11.7. The number of benzene rings is 1. The smallest absolute Gasteiger partial charge is 0.241 e. The Labute approximate surface area is 101 Å². The molecule has 1 aromatic carbocycles. The fourth-order valence-electron chi connectivity index (χ4n) is 2.41. The van der Waals surface area contributed by atoms with Gasteiger partial charge in [0.1, 0.15) is 5.88 Å². The van der Waals surface area contributed by atoms with Crippen molar-refractivity contribution in [2.75, 3.05) is 17.3 Å². The molecule has 0 bridgehead atoms. The zero-order valence-electron chi connectivity index (χ0n) is 9.72. The molecule has 0 atom stereocenters. The van der Waals surface area contributed by atoms with Gasteiger partial charge in [0, 0.05) is 12.2 Å². The number of anilines is 1. The van der Waals surface area contributed by atoms with E-state index in [0.29, 0.717) is 0 Å². The van der Waals surface area contributed by atoms with Crippen molar-refractivity contribution in [1.29, 1.82) is 0 Å². The topological polar surface area (TPSA) is 20.3 Å². The van der Waals surface area contributed by atoms with Crippen LogP contribution in [0.25, 0.3) is 0 Å². The summed E-state index contributed by atoms with van der Waals surface area (Å²) in [7, 11) is 0. The predicted molar refractivity (Wildman–Crippen MR) is 67.3 cm³/mol. The summed E-state index contributed by atoms with van der Waals surface area (Å²) in [4.78, 5) is 13.6. The molecule has 2 nitrogen and oxygen atoms in total. The third-order valence-corrected chi connectivity index (χ3v) is 3.34. The molecule has 1 heterocycles. The summed E-state index contributed by atoms with van der Waals surface area (Å²) in [5, 5.41) is 0. The number of carbonyl (C=O) groups excluding carboxylic acids is 1. The molecule has 2 rings (SSSR count). The van der Waals surface area contributed by atoms with Crippen LogP contribution in [0.4, 0.5) is 5.69 Å². The van der Waals surface area contributed by atoms with Gasteiger partial charge in [-0.3, -0.25) is 4.79 Å². The Morgan fingerprint density at radius 3 is 2.88 bits per heavy atom. The molecule has 0 fully saturated rings. The molecule has 1 amide bonds. The molecule has 0 radical (unpaired) electrons. The number of rotatable bonds is 1. The number of aryl methyl sites for hydroxylation is 2. The van der Waals surface area contributed by atoms with Gasteiger partial charge in [-0.05, 0) is 49.4 Å². The second kappa shape index (κ2) is 4.46. The second-order valence-electron chi connectivity index (χ2n) is 4.36. The van der Waals surface area contributed by atoms with Gasteiger partial charge < -0.3 is 4.90 Å². The number of nitrogens with zero attached hydrogens (tertiary/aromatic N) is 1. The van der Waals surface area contributed by atoms with Gasteiger partial charge in [-0.15, -0.1) is 11.6 Å². The first-order valence-corrected chi connectivity index (χ1v) is 6.13. The fourth-order valence-corrected chi connectivity index (χ4v) is 2.55. The lowest BCUT2D eigenvalue weighted by molar-refractivity contribution is -0.116. The fraction of sp³-hybridized carbons (Fsp3) is 0.462. The lowest BCUT2D eigenvalue weighted by Gasteiger charge is -2.30. The summed E-state index contributed by atoms with van der Waals surface area (Å²) in [6.07, 6.45) is 2.09. The van der Waals surface area contributed by atoms with E-state index in [1.165, 1.54) is 16.7 Å². The molecule has 3 heteroatoms. The van der Waals surface area contributed by atoms with Gasteiger partial charge in [-0.1, -0.05) is 6.07 Å². The van der Waals surface area contributed by atoms with Gasteiger partial charge in [0.25, 0.3) is 0 Å². The van der Waals surface area contributed by atoms with Crippen molar-refractivity contribution >= 4 is 23.2 Å². The first-order valence-electron chi connectivity index (χ1n) is 5.60. The Morgan fingerprint density at radius 1 is 1.44 bits per heavy atom. The zero-order valence-corrected chi connectivity index (χ0v) is 10.5. The first-order chi connectivity index (χ1) is 7.63. The third kappa shape index (κ3) is 1.94. The highest BCUT2D eigenvalue weighted by molar-refractivity contribution is 6.29. The van der Waals surface area contributed by atoms with E-state index in [1.54, 1.807) is 0 Å². The number of alkyl halides is 1. The highest BCUT2D eigenvalue weighted by Gasteiger charge is 2.22. The maximum atomic E-state index is 11.7. The van der Waals surface area contributed by atoms with Crippen molar-refractivity contribution in [3.8, 4) is 0 Å².